The molecule has 0 saturated heterocycles. The molecule has 0 atom stereocenters. The van der Waals surface area contributed by atoms with Crippen molar-refractivity contribution in [2.75, 3.05) is 4.43 Å². The predicted molar refractivity (Wildman–Crippen MR) is 47.8 cm³/mol. The van der Waals surface area contributed by atoms with Crippen molar-refractivity contribution in [2.24, 2.45) is 0 Å². The van der Waals surface area contributed by atoms with Crippen LogP contribution >= 0.6 is 22.6 Å². The average Bonchev–Trinajstić information content (AvgIpc) is 2.12. The van der Waals surface area contributed by atoms with Crippen molar-refractivity contribution in [1.82, 2.24) is 0 Å². The van der Waals surface area contributed by atoms with Gasteiger partial charge in [0, 0.05) is 24.7 Å². The van der Waals surface area contributed by atoms with Crippen molar-refractivity contribution in [3.05, 3.63) is 12.0 Å². The third-order valence-electron chi connectivity index (χ3n) is 1.19. The Morgan fingerprint density at radius 1 is 1.60 bits per heavy atom. The Labute approximate surface area is 74.7 Å². The normalized spacial score (nSPS) is 21.3. The van der Waals surface area contributed by atoms with Crippen LogP contribution in [0.3, 0.4) is 0 Å². The molecule has 1 aliphatic heterocycles. The van der Waals surface area contributed by atoms with Crippen LogP contribution in [0, 0.1) is 0 Å². The Kier molecular flexibility index (Phi) is 2.44. The number of ether oxygens (including phenoxy) is 2. The van der Waals surface area contributed by atoms with Gasteiger partial charge in [0.2, 0.25) is 5.79 Å². The standard InChI is InChI=1S/C7H11IO2/c1-7(2)9-5-6(10-7)3-4-8/h5H,3-4H2,1-2H3. The van der Waals surface area contributed by atoms with Crippen molar-refractivity contribution in [3.63, 3.8) is 0 Å². The molecule has 10 heavy (non-hydrogen) atoms. The summed E-state index contributed by atoms with van der Waals surface area (Å²) in [5.41, 5.74) is 0. The van der Waals surface area contributed by atoms with E-state index in [0.29, 0.717) is 0 Å². The Morgan fingerprint density at radius 3 is 2.70 bits per heavy atom. The van der Waals surface area contributed by atoms with Crippen LogP contribution in [0.25, 0.3) is 0 Å². The number of hydrogen-bond donors (Lipinski definition) is 0. The summed E-state index contributed by atoms with van der Waals surface area (Å²) in [4.78, 5) is 0. The molecule has 0 radical (unpaired) electrons. The minimum absolute atomic E-state index is 0.429. The van der Waals surface area contributed by atoms with Gasteiger partial charge in [-0.05, 0) is 0 Å². The van der Waals surface area contributed by atoms with Crippen molar-refractivity contribution in [2.45, 2.75) is 26.1 Å². The minimum Gasteiger partial charge on any atom is -0.457 e. The summed E-state index contributed by atoms with van der Waals surface area (Å²) in [5, 5.41) is 0. The van der Waals surface area contributed by atoms with Crippen molar-refractivity contribution >= 4 is 22.6 Å². The van der Waals surface area contributed by atoms with E-state index in [4.69, 9.17) is 9.47 Å². The molecule has 2 nitrogen and oxygen atoms in total. The molecular formula is C7H11IO2. The van der Waals surface area contributed by atoms with Crippen LogP contribution in [-0.4, -0.2) is 10.2 Å². The van der Waals surface area contributed by atoms with Gasteiger partial charge in [0.25, 0.3) is 0 Å². The molecule has 1 rings (SSSR count). The summed E-state index contributed by atoms with van der Waals surface area (Å²) in [6.45, 7) is 3.81. The highest BCUT2D eigenvalue weighted by atomic mass is 127. The van der Waals surface area contributed by atoms with Crippen molar-refractivity contribution in [1.29, 1.82) is 0 Å². The zero-order valence-electron chi connectivity index (χ0n) is 6.19. The lowest BCUT2D eigenvalue weighted by molar-refractivity contribution is -0.117. The third-order valence-corrected chi connectivity index (χ3v) is 1.73. The molecule has 0 aromatic carbocycles. The van der Waals surface area contributed by atoms with E-state index in [1.54, 1.807) is 6.26 Å². The first kappa shape index (κ1) is 8.17. The van der Waals surface area contributed by atoms with E-state index in [2.05, 4.69) is 22.6 Å². The lowest BCUT2D eigenvalue weighted by Gasteiger charge is -2.17. The first-order valence-electron chi connectivity index (χ1n) is 3.26. The maximum Gasteiger partial charge on any atom is 0.244 e. The van der Waals surface area contributed by atoms with Crippen LogP contribution in [-0.2, 0) is 9.47 Å². The van der Waals surface area contributed by atoms with Gasteiger partial charge in [-0.2, -0.15) is 0 Å². The molecule has 58 valence electrons. The summed E-state index contributed by atoms with van der Waals surface area (Å²) >= 11 is 2.31. The maximum absolute atomic E-state index is 5.42. The van der Waals surface area contributed by atoms with Gasteiger partial charge < -0.3 is 9.47 Å². The molecule has 3 heteroatoms. The molecule has 0 amide bonds. The second-order valence-corrected chi connectivity index (χ2v) is 3.72. The fourth-order valence-electron chi connectivity index (χ4n) is 0.775. The zero-order valence-corrected chi connectivity index (χ0v) is 8.34. The van der Waals surface area contributed by atoms with Gasteiger partial charge in [0.15, 0.2) is 0 Å². The summed E-state index contributed by atoms with van der Waals surface area (Å²) in [6.07, 6.45) is 2.67. The highest BCUT2D eigenvalue weighted by Crippen LogP contribution is 2.26. The van der Waals surface area contributed by atoms with Gasteiger partial charge in [0.05, 0.1) is 0 Å². The molecular weight excluding hydrogens is 243 g/mol. The van der Waals surface area contributed by atoms with Crippen molar-refractivity contribution < 1.29 is 9.47 Å². The molecule has 0 aromatic heterocycles. The Hall–Kier alpha value is 0.0700. The number of rotatable bonds is 2. The first-order valence-corrected chi connectivity index (χ1v) is 4.78. The molecule has 0 aliphatic carbocycles. The van der Waals surface area contributed by atoms with E-state index in [0.717, 1.165) is 16.6 Å². The van der Waals surface area contributed by atoms with Crippen LogP contribution < -0.4 is 0 Å². The van der Waals surface area contributed by atoms with Gasteiger partial charge in [-0.3, -0.25) is 0 Å². The van der Waals surface area contributed by atoms with E-state index in [9.17, 15) is 0 Å². The zero-order chi connectivity index (χ0) is 7.61. The molecule has 0 bridgehead atoms. The van der Waals surface area contributed by atoms with Crippen LogP contribution in [0.1, 0.15) is 20.3 Å². The highest BCUT2D eigenvalue weighted by molar-refractivity contribution is 14.1. The monoisotopic (exact) mass is 254 g/mol. The Balaban J connectivity index is 2.39. The largest absolute Gasteiger partial charge is 0.457 e. The van der Waals surface area contributed by atoms with Gasteiger partial charge in [-0.25, -0.2) is 0 Å². The quantitative estimate of drug-likeness (QED) is 0.556. The average molecular weight is 254 g/mol. The maximum atomic E-state index is 5.42. The number of allylic oxidation sites excluding steroid dienone is 1. The van der Waals surface area contributed by atoms with Crippen LogP contribution in [0.5, 0.6) is 0 Å². The highest BCUT2D eigenvalue weighted by Gasteiger charge is 2.26. The second-order valence-electron chi connectivity index (χ2n) is 2.64. The minimum atomic E-state index is -0.429. The van der Waals surface area contributed by atoms with Gasteiger partial charge in [0.1, 0.15) is 12.0 Å². The summed E-state index contributed by atoms with van der Waals surface area (Å²) in [6, 6.07) is 0. The lowest BCUT2D eigenvalue weighted by Crippen LogP contribution is -2.20. The van der Waals surface area contributed by atoms with Gasteiger partial charge in [-0.15, -0.1) is 0 Å². The fourth-order valence-corrected chi connectivity index (χ4v) is 1.31. The summed E-state index contributed by atoms with van der Waals surface area (Å²) < 4.78 is 11.7. The van der Waals surface area contributed by atoms with Gasteiger partial charge in [-0.1, -0.05) is 22.6 Å². The SMILES string of the molecule is CC1(C)OC=C(CCI)O1. The third kappa shape index (κ3) is 2.04. The molecule has 0 N–H and O–H groups in total. The first-order chi connectivity index (χ1) is 4.64. The molecule has 0 saturated carbocycles. The van der Waals surface area contributed by atoms with Crippen molar-refractivity contribution in [3.8, 4) is 0 Å². The smallest absolute Gasteiger partial charge is 0.244 e. The number of halogens is 1. The number of hydrogen-bond acceptors (Lipinski definition) is 2. The molecule has 1 heterocycles. The summed E-state index contributed by atoms with van der Waals surface area (Å²) in [5.74, 6) is 0.528. The predicted octanol–water partition coefficient (Wildman–Crippen LogP) is 2.44. The van der Waals surface area contributed by atoms with E-state index in [1.165, 1.54) is 0 Å². The summed E-state index contributed by atoms with van der Waals surface area (Å²) in [7, 11) is 0. The van der Waals surface area contributed by atoms with E-state index in [-0.39, 0.29) is 0 Å². The number of alkyl halides is 1. The van der Waals surface area contributed by atoms with E-state index < -0.39 is 5.79 Å². The van der Waals surface area contributed by atoms with Crippen LogP contribution in [0.15, 0.2) is 12.0 Å². The Morgan fingerprint density at radius 2 is 2.30 bits per heavy atom. The second kappa shape index (κ2) is 2.98. The van der Waals surface area contributed by atoms with Crippen LogP contribution in [0.2, 0.25) is 0 Å². The fraction of sp³-hybridized carbons (Fsp3) is 0.714. The van der Waals surface area contributed by atoms with E-state index >= 15 is 0 Å². The lowest BCUT2D eigenvalue weighted by atomic mass is 10.4. The van der Waals surface area contributed by atoms with Gasteiger partial charge >= 0.3 is 0 Å². The Bertz CT molecular complexity index is 152. The molecule has 0 unspecified atom stereocenters. The van der Waals surface area contributed by atoms with E-state index in [1.807, 2.05) is 13.8 Å². The molecule has 0 aromatic rings. The van der Waals surface area contributed by atoms with Crippen LogP contribution in [0.4, 0.5) is 0 Å². The molecule has 0 spiro atoms. The molecule has 0 fully saturated rings. The topological polar surface area (TPSA) is 18.5 Å². The molecule has 1 aliphatic rings.